The summed E-state index contributed by atoms with van der Waals surface area (Å²) < 4.78 is 0. The number of aliphatic carboxylic acids is 3. The van der Waals surface area contributed by atoms with Crippen LogP contribution >= 0.6 is 0 Å². The zero-order chi connectivity index (χ0) is 29.3. The Balaban J connectivity index is 2.33. The zero-order valence-electron chi connectivity index (χ0n) is 21.5. The third kappa shape index (κ3) is 8.81. The maximum Gasteiger partial charge on any atom is 0.326 e. The van der Waals surface area contributed by atoms with Gasteiger partial charge in [0, 0.05) is 23.5 Å². The van der Waals surface area contributed by atoms with Gasteiger partial charge in [-0.05, 0) is 17.5 Å². The van der Waals surface area contributed by atoms with Crippen molar-refractivity contribution in [2.24, 2.45) is 11.7 Å². The second-order valence-electron chi connectivity index (χ2n) is 9.19. The summed E-state index contributed by atoms with van der Waals surface area (Å²) in [5.41, 5.74) is 7.45. The maximum atomic E-state index is 13.3. The third-order valence-electron chi connectivity index (χ3n) is 6.30. The molecule has 0 saturated carbocycles. The minimum Gasteiger partial charge on any atom is -0.481 e. The van der Waals surface area contributed by atoms with Crippen molar-refractivity contribution in [3.8, 4) is 0 Å². The molecule has 9 N–H and O–H groups in total. The number of amides is 3. The fraction of sp³-hybridized carbons (Fsp3) is 0.440. The van der Waals surface area contributed by atoms with Crippen LogP contribution in [0.25, 0.3) is 10.9 Å². The van der Waals surface area contributed by atoms with Crippen molar-refractivity contribution in [2.45, 2.75) is 63.7 Å². The van der Waals surface area contributed by atoms with Gasteiger partial charge in [0.25, 0.3) is 0 Å². The molecular formula is C25H33N5O9. The number of aromatic amines is 1. The highest BCUT2D eigenvalue weighted by molar-refractivity contribution is 5.96. The van der Waals surface area contributed by atoms with Crippen LogP contribution in [0.2, 0.25) is 0 Å². The number of carbonyl (C=O) groups is 6. The Morgan fingerprint density at radius 1 is 0.846 bits per heavy atom. The molecule has 212 valence electrons. The van der Waals surface area contributed by atoms with Crippen LogP contribution in [0.3, 0.4) is 0 Å². The highest BCUT2D eigenvalue weighted by Gasteiger charge is 2.33. The Labute approximate surface area is 223 Å². The number of H-pyrrole nitrogens is 1. The topological polar surface area (TPSA) is 241 Å². The molecule has 0 fully saturated rings. The molecule has 5 unspecified atom stereocenters. The summed E-state index contributed by atoms with van der Waals surface area (Å²) in [4.78, 5) is 75.7. The lowest BCUT2D eigenvalue weighted by molar-refractivity contribution is -0.148. The molecule has 2 aromatic rings. The van der Waals surface area contributed by atoms with Gasteiger partial charge in [-0.2, -0.15) is 0 Å². The van der Waals surface area contributed by atoms with Gasteiger partial charge in [-0.15, -0.1) is 0 Å². The molecule has 0 bridgehead atoms. The molecule has 1 aromatic carbocycles. The molecule has 0 spiro atoms. The highest BCUT2D eigenvalue weighted by atomic mass is 16.4. The predicted octanol–water partition coefficient (Wildman–Crippen LogP) is -0.428. The third-order valence-corrected chi connectivity index (χ3v) is 6.30. The maximum absolute atomic E-state index is 13.3. The van der Waals surface area contributed by atoms with E-state index in [2.05, 4.69) is 15.6 Å². The summed E-state index contributed by atoms with van der Waals surface area (Å²) in [6.45, 7) is 3.61. The molecule has 0 radical (unpaired) electrons. The number of nitrogens with two attached hydrogens (primary N) is 1. The van der Waals surface area contributed by atoms with Crippen LogP contribution in [0.15, 0.2) is 30.5 Å². The van der Waals surface area contributed by atoms with E-state index in [0.717, 1.165) is 10.9 Å². The number of rotatable bonds is 15. The Hall–Kier alpha value is -4.46. The van der Waals surface area contributed by atoms with Gasteiger partial charge in [-0.3, -0.25) is 24.0 Å². The first-order valence-corrected chi connectivity index (χ1v) is 12.2. The van der Waals surface area contributed by atoms with E-state index in [9.17, 15) is 39.0 Å². The number of nitrogens with one attached hydrogen (secondary N) is 4. The number of carboxylic acid groups (broad SMARTS) is 3. The van der Waals surface area contributed by atoms with E-state index in [1.165, 1.54) is 0 Å². The van der Waals surface area contributed by atoms with Gasteiger partial charge in [0.05, 0.1) is 18.9 Å². The Kier molecular flexibility index (Phi) is 11.0. The van der Waals surface area contributed by atoms with Crippen molar-refractivity contribution in [3.63, 3.8) is 0 Å². The van der Waals surface area contributed by atoms with Gasteiger partial charge in [-0.25, -0.2) is 4.79 Å². The number of aromatic nitrogens is 1. The normalized spacial score (nSPS) is 14.8. The molecule has 1 heterocycles. The summed E-state index contributed by atoms with van der Waals surface area (Å²) in [7, 11) is 0. The van der Waals surface area contributed by atoms with Gasteiger partial charge in [0.1, 0.15) is 18.1 Å². The molecule has 5 atom stereocenters. The van der Waals surface area contributed by atoms with Gasteiger partial charge < -0.3 is 42.0 Å². The highest BCUT2D eigenvalue weighted by Crippen LogP contribution is 2.19. The van der Waals surface area contributed by atoms with Crippen LogP contribution in [0.4, 0.5) is 0 Å². The largest absolute Gasteiger partial charge is 0.481 e. The minimum absolute atomic E-state index is 0.0486. The monoisotopic (exact) mass is 547 g/mol. The van der Waals surface area contributed by atoms with Crippen LogP contribution < -0.4 is 21.7 Å². The molecule has 39 heavy (non-hydrogen) atoms. The lowest BCUT2D eigenvalue weighted by Gasteiger charge is -2.25. The van der Waals surface area contributed by atoms with Crippen molar-refractivity contribution < 1.29 is 44.1 Å². The summed E-state index contributed by atoms with van der Waals surface area (Å²) in [6, 6.07) is 1.35. The number of hydrogen-bond acceptors (Lipinski definition) is 7. The van der Waals surface area contributed by atoms with Crippen molar-refractivity contribution in [3.05, 3.63) is 36.0 Å². The van der Waals surface area contributed by atoms with E-state index in [-0.39, 0.29) is 12.3 Å². The lowest BCUT2D eigenvalue weighted by atomic mass is 9.98. The Morgan fingerprint density at radius 3 is 1.97 bits per heavy atom. The standard InChI is InChI=1S/C25H33N5O9/c1-3-12(2)21(26)24(37)29-16(8-13-11-27-15-7-5-4-6-14(13)15)22(35)28-17(9-19(31)32)23(36)30-18(25(38)39)10-20(33)34/h4-7,11-12,16-18,21,27H,3,8-10,26H2,1-2H3,(H,28,35)(H,29,37)(H,30,36)(H,31,32)(H,33,34)(H,38,39). The molecule has 14 heteroatoms. The molecule has 0 saturated heterocycles. The molecule has 0 aliphatic heterocycles. The fourth-order valence-electron chi connectivity index (χ4n) is 3.81. The predicted molar refractivity (Wildman–Crippen MR) is 137 cm³/mol. The summed E-state index contributed by atoms with van der Waals surface area (Å²) in [5, 5.41) is 34.9. The molecule has 2 rings (SSSR count). The van der Waals surface area contributed by atoms with Crippen LogP contribution in [0.5, 0.6) is 0 Å². The van der Waals surface area contributed by atoms with E-state index in [4.69, 9.17) is 10.8 Å². The molecule has 0 aliphatic carbocycles. The van der Waals surface area contributed by atoms with E-state index in [1.807, 2.05) is 24.4 Å². The van der Waals surface area contributed by atoms with Crippen LogP contribution in [0, 0.1) is 5.92 Å². The van der Waals surface area contributed by atoms with E-state index < -0.39 is 72.6 Å². The summed E-state index contributed by atoms with van der Waals surface area (Å²) in [6.07, 6.45) is 0.290. The fourth-order valence-corrected chi connectivity index (χ4v) is 3.81. The average Bonchev–Trinajstić information content (AvgIpc) is 3.28. The van der Waals surface area contributed by atoms with E-state index in [1.54, 1.807) is 25.3 Å². The van der Waals surface area contributed by atoms with Crippen LogP contribution in [-0.4, -0.2) is 80.1 Å². The molecule has 14 nitrogen and oxygen atoms in total. The first kappa shape index (κ1) is 30.8. The molecule has 1 aromatic heterocycles. The number of carboxylic acids is 3. The number of carbonyl (C=O) groups excluding carboxylic acids is 3. The number of benzene rings is 1. The second kappa shape index (κ2) is 13.9. The van der Waals surface area contributed by atoms with Crippen molar-refractivity contribution >= 4 is 46.5 Å². The Morgan fingerprint density at radius 2 is 1.38 bits per heavy atom. The van der Waals surface area contributed by atoms with Gasteiger partial charge in [0.15, 0.2) is 0 Å². The number of hydrogen-bond donors (Lipinski definition) is 8. The van der Waals surface area contributed by atoms with Gasteiger partial charge >= 0.3 is 17.9 Å². The van der Waals surface area contributed by atoms with Crippen LogP contribution in [0.1, 0.15) is 38.7 Å². The smallest absolute Gasteiger partial charge is 0.326 e. The molecule has 0 aliphatic rings. The summed E-state index contributed by atoms with van der Waals surface area (Å²) in [5.74, 6) is -7.64. The van der Waals surface area contributed by atoms with Crippen LogP contribution in [-0.2, 0) is 35.2 Å². The SMILES string of the molecule is CCC(C)C(N)C(=O)NC(Cc1c[nH]c2ccccc12)C(=O)NC(CC(=O)O)C(=O)NC(CC(=O)O)C(=O)O. The first-order chi connectivity index (χ1) is 18.3. The second-order valence-corrected chi connectivity index (χ2v) is 9.19. The lowest BCUT2D eigenvalue weighted by Crippen LogP contribution is -2.58. The average molecular weight is 548 g/mol. The van der Waals surface area contributed by atoms with Gasteiger partial charge in [-0.1, -0.05) is 38.5 Å². The van der Waals surface area contributed by atoms with Crippen molar-refractivity contribution in [1.82, 2.24) is 20.9 Å². The number of para-hydroxylation sites is 1. The first-order valence-electron chi connectivity index (χ1n) is 12.2. The van der Waals surface area contributed by atoms with Crippen molar-refractivity contribution in [2.75, 3.05) is 0 Å². The van der Waals surface area contributed by atoms with E-state index >= 15 is 0 Å². The minimum atomic E-state index is -1.86. The van der Waals surface area contributed by atoms with E-state index in [0.29, 0.717) is 12.0 Å². The molecule has 3 amide bonds. The number of fused-ring (bicyclic) bond motifs is 1. The molecular weight excluding hydrogens is 514 g/mol. The zero-order valence-corrected chi connectivity index (χ0v) is 21.5. The Bertz CT molecular complexity index is 1230. The van der Waals surface area contributed by atoms with Crippen molar-refractivity contribution in [1.29, 1.82) is 0 Å². The van der Waals surface area contributed by atoms with Gasteiger partial charge in [0.2, 0.25) is 17.7 Å². The summed E-state index contributed by atoms with van der Waals surface area (Å²) >= 11 is 0. The quantitative estimate of drug-likeness (QED) is 0.143.